The minimum Gasteiger partial charge on any atom is -0.434 e. The molecule has 11 heteroatoms. The quantitative estimate of drug-likeness (QED) is 0.748. The molecule has 2 heterocycles. The molecule has 1 atom stereocenters. The minimum absolute atomic E-state index is 0.118. The Bertz CT molecular complexity index is 1210. The first-order valence-electron chi connectivity index (χ1n) is 8.73. The van der Waals surface area contributed by atoms with Gasteiger partial charge in [0.2, 0.25) is 11.6 Å². The van der Waals surface area contributed by atoms with E-state index in [4.69, 9.17) is 33.2 Å². The van der Waals surface area contributed by atoms with Crippen LogP contribution in [0, 0.1) is 17.2 Å². The Morgan fingerprint density at radius 2 is 2.03 bits per heavy atom. The van der Waals surface area contributed by atoms with Gasteiger partial charge in [0.1, 0.15) is 6.07 Å². The highest BCUT2D eigenvalue weighted by atomic mass is 35.5. The van der Waals surface area contributed by atoms with Gasteiger partial charge in [-0.1, -0.05) is 30.1 Å². The van der Waals surface area contributed by atoms with Crippen molar-refractivity contribution in [2.24, 2.45) is 11.0 Å². The van der Waals surface area contributed by atoms with Crippen molar-refractivity contribution >= 4 is 29.1 Å². The normalized spacial score (nSPS) is 18.0. The van der Waals surface area contributed by atoms with Crippen LogP contribution in [0.15, 0.2) is 38.0 Å². The van der Waals surface area contributed by atoms with Crippen LogP contribution in [0.25, 0.3) is 5.69 Å². The summed E-state index contributed by atoms with van der Waals surface area (Å²) in [5.41, 5.74) is 3.27. The van der Waals surface area contributed by atoms with Crippen LogP contribution in [0.2, 0.25) is 10.0 Å². The number of aromatic amines is 1. The number of hydrogen-bond acceptors (Lipinski definition) is 7. The van der Waals surface area contributed by atoms with Gasteiger partial charge in [-0.15, -0.1) is 10.2 Å². The molecule has 29 heavy (non-hydrogen) atoms. The van der Waals surface area contributed by atoms with Crippen molar-refractivity contribution in [3.8, 4) is 17.5 Å². The van der Waals surface area contributed by atoms with Gasteiger partial charge in [-0.25, -0.2) is 4.79 Å². The number of rotatable bonds is 2. The van der Waals surface area contributed by atoms with E-state index < -0.39 is 16.9 Å². The van der Waals surface area contributed by atoms with Gasteiger partial charge in [0.15, 0.2) is 5.75 Å². The summed E-state index contributed by atoms with van der Waals surface area (Å²) in [5, 5.41) is 17.2. The first-order valence-corrected chi connectivity index (χ1v) is 9.48. The predicted molar refractivity (Wildman–Crippen MR) is 107 cm³/mol. The van der Waals surface area contributed by atoms with Crippen LogP contribution in [0.3, 0.4) is 0 Å². The first-order chi connectivity index (χ1) is 13.9. The summed E-state index contributed by atoms with van der Waals surface area (Å²) in [7, 11) is 0. The smallest absolute Gasteiger partial charge is 0.349 e. The van der Waals surface area contributed by atoms with E-state index in [1.807, 2.05) is 4.98 Å². The molecule has 1 aromatic carbocycles. The summed E-state index contributed by atoms with van der Waals surface area (Å²) in [6, 6.07) is 4.42. The van der Waals surface area contributed by atoms with E-state index in [2.05, 4.69) is 22.5 Å². The van der Waals surface area contributed by atoms with Crippen LogP contribution >= 0.6 is 23.2 Å². The molecule has 0 bridgehead atoms. The summed E-state index contributed by atoms with van der Waals surface area (Å²) >= 11 is 12.7. The van der Waals surface area contributed by atoms with E-state index in [0.717, 1.165) is 23.1 Å². The van der Waals surface area contributed by atoms with Crippen molar-refractivity contribution in [2.45, 2.75) is 19.8 Å². The molecule has 2 aliphatic rings. The van der Waals surface area contributed by atoms with Crippen molar-refractivity contribution in [1.82, 2.24) is 20.2 Å². The number of hydrogen-bond donors (Lipinski definition) is 2. The molecule has 4 rings (SSSR count). The number of nitriles is 1. The molecule has 0 amide bonds. The Balaban J connectivity index is 1.72. The van der Waals surface area contributed by atoms with Gasteiger partial charge in [0, 0.05) is 5.57 Å². The van der Waals surface area contributed by atoms with Gasteiger partial charge < -0.3 is 10.2 Å². The standard InChI is InChI=1S/C18H14Cl2N6O3/c1-8-2-3-10-11(8)7-22-24-17(10)29-15-12(19)4-9(5-13(15)20)26-18(28)23-16(27)14(6-21)25-26/h4-5,8,22H,2-3,7H2,1H3,(H,23,27,28). The molecule has 2 aromatic rings. The van der Waals surface area contributed by atoms with Crippen LogP contribution in [-0.4, -0.2) is 27.2 Å². The number of nitrogens with one attached hydrogen (secondary N) is 2. The summed E-state index contributed by atoms with van der Waals surface area (Å²) in [6.45, 7) is 2.85. The molecule has 0 fully saturated rings. The fourth-order valence-corrected chi connectivity index (χ4v) is 3.93. The van der Waals surface area contributed by atoms with Gasteiger partial charge in [-0.05, 0) is 36.5 Å². The topological polar surface area (TPSA) is 125 Å². The zero-order valence-electron chi connectivity index (χ0n) is 15.1. The number of ether oxygens (including phenoxy) is 1. The maximum absolute atomic E-state index is 12.1. The van der Waals surface area contributed by atoms with Gasteiger partial charge in [0.25, 0.3) is 5.56 Å². The fourth-order valence-electron chi connectivity index (χ4n) is 3.38. The fraction of sp³-hybridized carbons (Fsp3) is 0.278. The van der Waals surface area contributed by atoms with E-state index in [-0.39, 0.29) is 21.5 Å². The second kappa shape index (κ2) is 7.39. The molecule has 9 nitrogen and oxygen atoms in total. The molecular weight excluding hydrogens is 419 g/mol. The lowest BCUT2D eigenvalue weighted by atomic mass is 10.0. The largest absolute Gasteiger partial charge is 0.434 e. The van der Waals surface area contributed by atoms with Gasteiger partial charge in [-0.2, -0.15) is 9.94 Å². The van der Waals surface area contributed by atoms with E-state index in [0.29, 0.717) is 18.4 Å². The third-order valence-corrected chi connectivity index (χ3v) is 5.44. The third-order valence-electron chi connectivity index (χ3n) is 4.88. The third kappa shape index (κ3) is 3.41. The lowest BCUT2D eigenvalue weighted by Gasteiger charge is -2.19. The Hall–Kier alpha value is -3.09. The van der Waals surface area contributed by atoms with E-state index in [1.54, 1.807) is 6.07 Å². The second-order valence-corrected chi connectivity index (χ2v) is 7.48. The zero-order valence-corrected chi connectivity index (χ0v) is 16.6. The minimum atomic E-state index is -0.872. The molecule has 1 unspecified atom stereocenters. The highest BCUT2D eigenvalue weighted by Gasteiger charge is 2.29. The van der Waals surface area contributed by atoms with Gasteiger partial charge >= 0.3 is 5.69 Å². The molecule has 148 valence electrons. The average molecular weight is 433 g/mol. The van der Waals surface area contributed by atoms with Crippen molar-refractivity contribution in [3.05, 3.63) is 59.9 Å². The van der Waals surface area contributed by atoms with E-state index in [9.17, 15) is 9.59 Å². The number of hydrazone groups is 1. The van der Waals surface area contributed by atoms with Crippen LogP contribution < -0.4 is 21.4 Å². The average Bonchev–Trinajstić information content (AvgIpc) is 3.06. The first kappa shape index (κ1) is 19.2. The molecule has 0 saturated heterocycles. The molecular formula is C18H14Cl2N6O3. The highest BCUT2D eigenvalue weighted by molar-refractivity contribution is 6.37. The Labute approximate surface area is 174 Å². The van der Waals surface area contributed by atoms with Crippen LogP contribution in [-0.2, 0) is 0 Å². The van der Waals surface area contributed by atoms with Gasteiger partial charge in [0.05, 0.1) is 22.3 Å². The van der Waals surface area contributed by atoms with E-state index >= 15 is 0 Å². The summed E-state index contributed by atoms with van der Waals surface area (Å²) < 4.78 is 6.75. The summed E-state index contributed by atoms with van der Waals surface area (Å²) in [6.07, 6.45) is 1.88. The molecule has 1 aliphatic heterocycles. The second-order valence-electron chi connectivity index (χ2n) is 6.67. The number of halogens is 2. The van der Waals surface area contributed by atoms with Crippen LogP contribution in [0.5, 0.6) is 5.75 Å². The molecule has 0 saturated carbocycles. The highest BCUT2D eigenvalue weighted by Crippen LogP contribution is 2.38. The predicted octanol–water partition coefficient (Wildman–Crippen LogP) is 2.12. The summed E-state index contributed by atoms with van der Waals surface area (Å²) in [4.78, 5) is 25.6. The molecule has 0 radical (unpaired) electrons. The maximum atomic E-state index is 12.1. The Morgan fingerprint density at radius 3 is 2.72 bits per heavy atom. The number of aromatic nitrogens is 3. The van der Waals surface area contributed by atoms with Crippen LogP contribution in [0.4, 0.5) is 0 Å². The molecule has 1 aromatic heterocycles. The maximum Gasteiger partial charge on any atom is 0.349 e. The molecule has 2 N–H and O–H groups in total. The van der Waals surface area contributed by atoms with Crippen molar-refractivity contribution in [1.29, 1.82) is 5.26 Å². The SMILES string of the molecule is CC1CCC2=C1CNN=C2Oc1c(Cl)cc(-n2nc(C#N)c(=O)[nH]c2=O)cc1Cl. The van der Waals surface area contributed by atoms with Crippen LogP contribution in [0.1, 0.15) is 25.5 Å². The van der Waals surface area contributed by atoms with Crippen molar-refractivity contribution < 1.29 is 4.74 Å². The van der Waals surface area contributed by atoms with Crippen molar-refractivity contribution in [3.63, 3.8) is 0 Å². The monoisotopic (exact) mass is 432 g/mol. The Kier molecular flexibility index (Phi) is 4.90. The lowest BCUT2D eigenvalue weighted by Crippen LogP contribution is -2.33. The van der Waals surface area contributed by atoms with Gasteiger partial charge in [-0.3, -0.25) is 9.78 Å². The lowest BCUT2D eigenvalue weighted by molar-refractivity contribution is 0.530. The Morgan fingerprint density at radius 1 is 1.31 bits per heavy atom. The molecule has 1 aliphatic carbocycles. The van der Waals surface area contributed by atoms with Crippen molar-refractivity contribution in [2.75, 3.05) is 6.54 Å². The number of H-pyrrole nitrogens is 1. The zero-order chi connectivity index (χ0) is 20.7. The number of benzene rings is 1. The number of nitrogens with zero attached hydrogens (tertiary/aromatic N) is 4. The summed E-state index contributed by atoms with van der Waals surface area (Å²) in [5.74, 6) is 1.05. The molecule has 0 spiro atoms. The van der Waals surface area contributed by atoms with E-state index in [1.165, 1.54) is 17.7 Å².